The number of esters is 1. The van der Waals surface area contributed by atoms with E-state index in [2.05, 4.69) is 62.9 Å². The summed E-state index contributed by atoms with van der Waals surface area (Å²) in [6, 6.07) is 11.0. The molecule has 1 fully saturated rings. The van der Waals surface area contributed by atoms with Gasteiger partial charge >= 0.3 is 5.97 Å². The molecule has 3 heteroatoms. The minimum absolute atomic E-state index is 0.0164. The predicted octanol–water partition coefficient (Wildman–Crippen LogP) is 4.90. The van der Waals surface area contributed by atoms with Gasteiger partial charge in [0.25, 0.3) is 0 Å². The molecule has 25 heavy (non-hydrogen) atoms. The lowest BCUT2D eigenvalue weighted by Crippen LogP contribution is -2.40. The Bertz CT molecular complexity index is 542. The number of likely N-dealkylation sites (tertiary alicyclic amines) is 1. The molecule has 0 saturated carbocycles. The summed E-state index contributed by atoms with van der Waals surface area (Å²) >= 11 is 0. The van der Waals surface area contributed by atoms with Crippen LogP contribution in [-0.4, -0.2) is 30.6 Å². The highest BCUT2D eigenvalue weighted by Gasteiger charge is 2.55. The van der Waals surface area contributed by atoms with E-state index in [1.54, 1.807) is 7.11 Å². The molecule has 1 aliphatic rings. The summed E-state index contributed by atoms with van der Waals surface area (Å²) in [7, 11) is 1.54. The number of unbranched alkanes of at least 4 members (excludes halogenated alkanes) is 2. The summed E-state index contributed by atoms with van der Waals surface area (Å²) in [6.07, 6.45) is 4.38. The monoisotopic (exact) mass is 345 g/mol. The van der Waals surface area contributed by atoms with Crippen LogP contribution in [0.15, 0.2) is 30.3 Å². The number of methoxy groups -OCH3 is 1. The Kier molecular flexibility index (Phi) is 7.06. The Morgan fingerprint density at radius 1 is 1.28 bits per heavy atom. The number of rotatable bonds is 8. The SMILES string of the molecule is CCCCC[C@]1(C(=O)OC)CN(Cc2ccccc2)[C@H](C(C)C)[C@H]1C. The van der Waals surface area contributed by atoms with Crippen LogP contribution >= 0.6 is 0 Å². The number of nitrogens with zero attached hydrogens (tertiary/aromatic N) is 1. The van der Waals surface area contributed by atoms with E-state index in [0.717, 1.165) is 25.9 Å². The van der Waals surface area contributed by atoms with Crippen molar-refractivity contribution in [1.29, 1.82) is 0 Å². The number of ether oxygens (including phenoxy) is 1. The third kappa shape index (κ3) is 4.25. The quantitative estimate of drug-likeness (QED) is 0.495. The fourth-order valence-electron chi connectivity index (χ4n) is 4.79. The Labute approximate surface area is 153 Å². The minimum Gasteiger partial charge on any atom is -0.469 e. The molecular formula is C22H35NO2. The van der Waals surface area contributed by atoms with Crippen LogP contribution in [0, 0.1) is 17.3 Å². The molecular weight excluding hydrogens is 310 g/mol. The van der Waals surface area contributed by atoms with Gasteiger partial charge in [-0.1, -0.05) is 77.3 Å². The summed E-state index contributed by atoms with van der Waals surface area (Å²) in [5.41, 5.74) is 0.947. The van der Waals surface area contributed by atoms with E-state index in [4.69, 9.17) is 4.74 Å². The average Bonchev–Trinajstić information content (AvgIpc) is 2.88. The summed E-state index contributed by atoms with van der Waals surface area (Å²) < 4.78 is 5.30. The molecule has 0 aliphatic carbocycles. The first kappa shape index (κ1) is 20.0. The molecule has 1 heterocycles. The zero-order valence-electron chi connectivity index (χ0n) is 16.6. The molecule has 0 N–H and O–H groups in total. The maximum Gasteiger partial charge on any atom is 0.313 e. The van der Waals surface area contributed by atoms with E-state index in [9.17, 15) is 4.79 Å². The van der Waals surface area contributed by atoms with Crippen LogP contribution in [0.2, 0.25) is 0 Å². The van der Waals surface area contributed by atoms with Gasteiger partial charge in [0.2, 0.25) is 0 Å². The smallest absolute Gasteiger partial charge is 0.313 e. The van der Waals surface area contributed by atoms with Crippen LogP contribution in [0.5, 0.6) is 0 Å². The average molecular weight is 346 g/mol. The Hall–Kier alpha value is -1.35. The van der Waals surface area contributed by atoms with Crippen molar-refractivity contribution < 1.29 is 9.53 Å². The van der Waals surface area contributed by atoms with E-state index in [1.807, 2.05) is 0 Å². The van der Waals surface area contributed by atoms with Crippen LogP contribution in [0.25, 0.3) is 0 Å². The third-order valence-corrected chi connectivity index (χ3v) is 6.02. The van der Waals surface area contributed by atoms with Crippen molar-refractivity contribution in [2.45, 2.75) is 66.0 Å². The standard InChI is InChI=1S/C22H35NO2/c1-6-7-11-14-22(21(24)25-5)16-23(20(17(2)3)18(22)4)15-19-12-9-8-10-13-19/h8-10,12-13,17-18,20H,6-7,11,14-16H2,1-5H3/t18-,20-,22+/m1/s1. The van der Waals surface area contributed by atoms with Crippen LogP contribution < -0.4 is 0 Å². The molecule has 1 aliphatic heterocycles. The summed E-state index contributed by atoms with van der Waals surface area (Å²) in [6.45, 7) is 10.7. The van der Waals surface area contributed by atoms with E-state index >= 15 is 0 Å². The molecule has 140 valence electrons. The zero-order chi connectivity index (χ0) is 18.4. The maximum atomic E-state index is 12.9. The van der Waals surface area contributed by atoms with Crippen molar-refractivity contribution in [3.8, 4) is 0 Å². The maximum absolute atomic E-state index is 12.9. The molecule has 3 nitrogen and oxygen atoms in total. The fourth-order valence-corrected chi connectivity index (χ4v) is 4.79. The second-order valence-electron chi connectivity index (χ2n) is 8.02. The van der Waals surface area contributed by atoms with E-state index in [1.165, 1.54) is 18.4 Å². The largest absolute Gasteiger partial charge is 0.469 e. The first-order valence-electron chi connectivity index (χ1n) is 9.82. The number of benzene rings is 1. The van der Waals surface area contributed by atoms with E-state index in [-0.39, 0.29) is 11.4 Å². The van der Waals surface area contributed by atoms with Crippen LogP contribution in [0.3, 0.4) is 0 Å². The van der Waals surface area contributed by atoms with Gasteiger partial charge in [0.05, 0.1) is 12.5 Å². The van der Waals surface area contributed by atoms with Gasteiger partial charge in [-0.2, -0.15) is 0 Å². The molecule has 1 aromatic rings. The lowest BCUT2D eigenvalue weighted by Gasteiger charge is -2.33. The lowest BCUT2D eigenvalue weighted by molar-refractivity contribution is -0.155. The first-order valence-corrected chi connectivity index (χ1v) is 9.82. The second-order valence-corrected chi connectivity index (χ2v) is 8.02. The summed E-state index contributed by atoms with van der Waals surface area (Å²) in [5.74, 6) is 0.800. The van der Waals surface area contributed by atoms with Gasteiger partial charge in [0.1, 0.15) is 0 Å². The molecule has 0 spiro atoms. The predicted molar refractivity (Wildman–Crippen MR) is 103 cm³/mol. The van der Waals surface area contributed by atoms with E-state index in [0.29, 0.717) is 17.9 Å². The van der Waals surface area contributed by atoms with Crippen LogP contribution in [0.1, 0.15) is 58.9 Å². The van der Waals surface area contributed by atoms with Crippen molar-refractivity contribution in [3.63, 3.8) is 0 Å². The van der Waals surface area contributed by atoms with E-state index < -0.39 is 0 Å². The van der Waals surface area contributed by atoms with Crippen molar-refractivity contribution in [2.75, 3.05) is 13.7 Å². The molecule has 0 bridgehead atoms. The highest BCUT2D eigenvalue weighted by molar-refractivity contribution is 5.78. The Balaban J connectivity index is 2.29. The van der Waals surface area contributed by atoms with Gasteiger partial charge in [-0.3, -0.25) is 9.69 Å². The lowest BCUT2D eigenvalue weighted by atomic mass is 9.71. The van der Waals surface area contributed by atoms with Gasteiger partial charge in [-0.05, 0) is 23.8 Å². The van der Waals surface area contributed by atoms with Gasteiger partial charge in [0, 0.05) is 19.1 Å². The second kappa shape index (κ2) is 8.84. The normalized spacial score (nSPS) is 27.0. The van der Waals surface area contributed by atoms with Crippen molar-refractivity contribution in [1.82, 2.24) is 4.90 Å². The number of hydrogen-bond donors (Lipinski definition) is 0. The van der Waals surface area contributed by atoms with Gasteiger partial charge in [-0.25, -0.2) is 0 Å². The van der Waals surface area contributed by atoms with Gasteiger partial charge in [-0.15, -0.1) is 0 Å². The molecule has 1 aromatic carbocycles. The van der Waals surface area contributed by atoms with Gasteiger partial charge in [0.15, 0.2) is 0 Å². The molecule has 0 radical (unpaired) electrons. The van der Waals surface area contributed by atoms with Crippen molar-refractivity contribution >= 4 is 5.97 Å². The summed E-state index contributed by atoms with van der Waals surface area (Å²) in [5, 5.41) is 0. The summed E-state index contributed by atoms with van der Waals surface area (Å²) in [4.78, 5) is 15.4. The third-order valence-electron chi connectivity index (χ3n) is 6.02. The topological polar surface area (TPSA) is 29.5 Å². The number of hydrogen-bond acceptors (Lipinski definition) is 3. The Morgan fingerprint density at radius 3 is 2.52 bits per heavy atom. The highest BCUT2D eigenvalue weighted by Crippen LogP contribution is 2.47. The highest BCUT2D eigenvalue weighted by atomic mass is 16.5. The van der Waals surface area contributed by atoms with Gasteiger partial charge < -0.3 is 4.74 Å². The number of carbonyl (C=O) groups is 1. The Morgan fingerprint density at radius 2 is 1.96 bits per heavy atom. The molecule has 2 rings (SSSR count). The molecule has 0 amide bonds. The van der Waals surface area contributed by atoms with Crippen molar-refractivity contribution in [3.05, 3.63) is 35.9 Å². The van der Waals surface area contributed by atoms with Crippen LogP contribution in [-0.2, 0) is 16.1 Å². The number of carbonyl (C=O) groups excluding carboxylic acids is 1. The molecule has 1 saturated heterocycles. The van der Waals surface area contributed by atoms with Crippen molar-refractivity contribution in [2.24, 2.45) is 17.3 Å². The van der Waals surface area contributed by atoms with Crippen LogP contribution in [0.4, 0.5) is 0 Å². The molecule has 0 unspecified atom stereocenters. The minimum atomic E-state index is -0.367. The molecule has 0 aromatic heterocycles. The zero-order valence-corrected chi connectivity index (χ0v) is 16.6. The fraction of sp³-hybridized carbons (Fsp3) is 0.682. The molecule has 3 atom stereocenters. The first-order chi connectivity index (χ1) is 12.0.